The van der Waals surface area contributed by atoms with Crippen LogP contribution in [0.1, 0.15) is 19.3 Å². The third kappa shape index (κ3) is 1.80. The molecule has 0 spiro atoms. The van der Waals surface area contributed by atoms with Gasteiger partial charge in [-0.15, -0.1) is 0 Å². The average molecular weight is 160 g/mol. The van der Waals surface area contributed by atoms with Gasteiger partial charge in [-0.1, -0.05) is 5.01 Å². The molecule has 0 aromatic carbocycles. The van der Waals surface area contributed by atoms with E-state index in [1.807, 2.05) is 0 Å². The van der Waals surface area contributed by atoms with Crippen molar-refractivity contribution in [2.45, 2.75) is 25.5 Å². The van der Waals surface area contributed by atoms with Gasteiger partial charge in [0.2, 0.25) is 0 Å². The zero-order chi connectivity index (χ0) is 8.27. The number of ether oxygens (including phenoxy) is 1. The largest absolute Gasteiger partial charge is 0.356 e. The summed E-state index contributed by atoms with van der Waals surface area (Å²) < 4.78 is 4.95. The number of hydrogen-bond acceptors (Lipinski definition) is 3. The van der Waals surface area contributed by atoms with E-state index in [-0.39, 0.29) is 11.3 Å². The van der Waals surface area contributed by atoms with Crippen molar-refractivity contribution in [1.82, 2.24) is 5.01 Å². The first-order chi connectivity index (χ1) is 5.25. The first-order valence-corrected chi connectivity index (χ1v) is 3.69. The Morgan fingerprint density at radius 1 is 1.64 bits per heavy atom. The molecule has 1 aliphatic heterocycles. The monoisotopic (exact) mass is 160 g/mol. The van der Waals surface area contributed by atoms with Crippen molar-refractivity contribution in [3.63, 3.8) is 0 Å². The van der Waals surface area contributed by atoms with Gasteiger partial charge < -0.3 is 4.74 Å². The molecule has 0 aromatic rings. The molecular weight excluding hydrogens is 148 g/mol. The van der Waals surface area contributed by atoms with Crippen LogP contribution in [0.3, 0.4) is 0 Å². The van der Waals surface area contributed by atoms with Crippen molar-refractivity contribution in [1.29, 1.82) is 0 Å². The number of piperidine rings is 1. The molecule has 0 aromatic heterocycles. The fourth-order valence-electron chi connectivity index (χ4n) is 1.31. The van der Waals surface area contributed by atoms with E-state index in [1.54, 1.807) is 0 Å². The van der Waals surface area contributed by atoms with Gasteiger partial charge in [0.25, 0.3) is 0 Å². The molecule has 0 saturated carbocycles. The first-order valence-electron chi connectivity index (χ1n) is 3.69. The predicted molar refractivity (Wildman–Crippen MR) is 38.3 cm³/mol. The molecule has 0 radical (unpaired) electrons. The van der Waals surface area contributed by atoms with Crippen molar-refractivity contribution in [3.8, 4) is 0 Å². The maximum Gasteiger partial charge on any atom is 0.186 e. The van der Waals surface area contributed by atoms with E-state index in [0.717, 1.165) is 24.3 Å². The van der Waals surface area contributed by atoms with E-state index in [1.165, 1.54) is 7.11 Å². The zero-order valence-electron chi connectivity index (χ0n) is 6.52. The molecule has 64 valence electrons. The fourth-order valence-corrected chi connectivity index (χ4v) is 1.31. The Kier molecular flexibility index (Phi) is 2.64. The second-order valence-corrected chi connectivity index (χ2v) is 2.59. The van der Waals surface area contributed by atoms with Crippen LogP contribution in [0.5, 0.6) is 0 Å². The van der Waals surface area contributed by atoms with Crippen LogP contribution in [0.15, 0.2) is 0 Å². The zero-order valence-corrected chi connectivity index (χ0v) is 6.52. The summed E-state index contributed by atoms with van der Waals surface area (Å²) in [6.45, 7) is 0.505. The van der Waals surface area contributed by atoms with Crippen molar-refractivity contribution in [3.05, 3.63) is 10.1 Å². The van der Waals surface area contributed by atoms with Crippen LogP contribution in [-0.4, -0.2) is 29.9 Å². The van der Waals surface area contributed by atoms with Crippen LogP contribution in [0.25, 0.3) is 0 Å². The van der Waals surface area contributed by atoms with E-state index in [9.17, 15) is 10.1 Å². The molecule has 1 atom stereocenters. The highest BCUT2D eigenvalue weighted by atomic mass is 16.7. The number of nitrogens with zero attached hydrogens (tertiary/aromatic N) is 2. The lowest BCUT2D eigenvalue weighted by atomic mass is 10.1. The Hall–Kier alpha value is -0.840. The number of nitro groups is 1. The van der Waals surface area contributed by atoms with E-state index < -0.39 is 0 Å². The van der Waals surface area contributed by atoms with Gasteiger partial charge in [-0.3, -0.25) is 0 Å². The number of hydrogen-bond donors (Lipinski definition) is 0. The van der Waals surface area contributed by atoms with Gasteiger partial charge in [0.15, 0.2) is 11.3 Å². The normalized spacial score (nSPS) is 25.2. The summed E-state index contributed by atoms with van der Waals surface area (Å²) in [5.74, 6) is 0. The Morgan fingerprint density at radius 2 is 2.36 bits per heavy atom. The molecule has 1 heterocycles. The van der Waals surface area contributed by atoms with Crippen LogP contribution in [-0.2, 0) is 4.74 Å². The van der Waals surface area contributed by atoms with Crippen LogP contribution >= 0.6 is 0 Å². The molecule has 1 rings (SSSR count). The molecule has 1 unspecified atom stereocenters. The minimum atomic E-state index is -0.382. The number of hydrazine groups is 1. The topological polar surface area (TPSA) is 55.6 Å². The molecule has 1 aliphatic rings. The average Bonchev–Trinajstić information content (AvgIpc) is 2.04. The molecule has 5 heteroatoms. The second kappa shape index (κ2) is 3.52. The molecule has 0 bridgehead atoms. The van der Waals surface area contributed by atoms with Gasteiger partial charge in [0, 0.05) is 7.11 Å². The summed E-state index contributed by atoms with van der Waals surface area (Å²) >= 11 is 0. The summed E-state index contributed by atoms with van der Waals surface area (Å²) in [4.78, 5) is 10.4. The smallest absolute Gasteiger partial charge is 0.186 e. The number of methoxy groups -OCH3 is 1. The third-order valence-electron chi connectivity index (χ3n) is 1.90. The standard InChI is InChI=1S/C6H12N2O3/c1-11-6-4-2-3-5-7(6)8(9)10/h6H,2-5H2,1H3. The SMILES string of the molecule is COC1CCCCN1[N+](=O)[O-]. The van der Waals surface area contributed by atoms with Gasteiger partial charge in [-0.05, 0) is 19.3 Å². The highest BCUT2D eigenvalue weighted by Gasteiger charge is 2.28. The fraction of sp³-hybridized carbons (Fsp3) is 1.00. The molecule has 1 saturated heterocycles. The number of rotatable bonds is 2. The molecule has 0 amide bonds. The van der Waals surface area contributed by atoms with Gasteiger partial charge in [0.1, 0.15) is 0 Å². The van der Waals surface area contributed by atoms with Gasteiger partial charge in [-0.2, -0.15) is 0 Å². The summed E-state index contributed by atoms with van der Waals surface area (Å²) in [6.07, 6.45) is 2.35. The Labute approximate surface area is 65.1 Å². The Morgan fingerprint density at radius 3 is 2.82 bits per heavy atom. The molecule has 5 nitrogen and oxygen atoms in total. The van der Waals surface area contributed by atoms with Crippen LogP contribution < -0.4 is 0 Å². The maximum absolute atomic E-state index is 10.4. The Balaban J connectivity index is 2.51. The van der Waals surface area contributed by atoms with Crippen molar-refractivity contribution >= 4 is 0 Å². The quantitative estimate of drug-likeness (QED) is 0.439. The lowest BCUT2D eigenvalue weighted by molar-refractivity contribution is -0.678. The highest BCUT2D eigenvalue weighted by Crippen LogP contribution is 2.16. The third-order valence-corrected chi connectivity index (χ3v) is 1.90. The lowest BCUT2D eigenvalue weighted by Gasteiger charge is -2.26. The van der Waals surface area contributed by atoms with Crippen molar-refractivity contribution in [2.24, 2.45) is 0 Å². The highest BCUT2D eigenvalue weighted by molar-refractivity contribution is 4.61. The summed E-state index contributed by atoms with van der Waals surface area (Å²) in [5, 5.41) is 11.1. The molecule has 0 N–H and O–H groups in total. The Bertz CT molecular complexity index is 151. The van der Waals surface area contributed by atoms with Gasteiger partial charge in [-0.25, -0.2) is 10.1 Å². The summed E-state index contributed by atoms with van der Waals surface area (Å²) in [7, 11) is 1.51. The van der Waals surface area contributed by atoms with Crippen molar-refractivity contribution < 1.29 is 9.77 Å². The van der Waals surface area contributed by atoms with E-state index in [2.05, 4.69) is 0 Å². The van der Waals surface area contributed by atoms with Gasteiger partial charge >= 0.3 is 0 Å². The minimum Gasteiger partial charge on any atom is -0.356 e. The van der Waals surface area contributed by atoms with Gasteiger partial charge in [0.05, 0.1) is 6.54 Å². The molecule has 11 heavy (non-hydrogen) atoms. The molecular formula is C6H12N2O3. The van der Waals surface area contributed by atoms with E-state index in [4.69, 9.17) is 4.74 Å². The van der Waals surface area contributed by atoms with Crippen LogP contribution in [0.4, 0.5) is 0 Å². The van der Waals surface area contributed by atoms with E-state index in [0.29, 0.717) is 6.54 Å². The maximum atomic E-state index is 10.4. The van der Waals surface area contributed by atoms with Crippen LogP contribution in [0, 0.1) is 10.1 Å². The van der Waals surface area contributed by atoms with Crippen LogP contribution in [0.2, 0.25) is 0 Å². The van der Waals surface area contributed by atoms with E-state index >= 15 is 0 Å². The summed E-state index contributed by atoms with van der Waals surface area (Å²) in [6, 6.07) is 0. The summed E-state index contributed by atoms with van der Waals surface area (Å²) in [5.41, 5.74) is 0. The lowest BCUT2D eigenvalue weighted by Crippen LogP contribution is -2.44. The second-order valence-electron chi connectivity index (χ2n) is 2.59. The minimum absolute atomic E-state index is 0.321. The predicted octanol–water partition coefficient (Wildman–Crippen LogP) is 0.636. The molecule has 0 aliphatic carbocycles. The van der Waals surface area contributed by atoms with Crippen molar-refractivity contribution in [2.75, 3.05) is 13.7 Å². The first kappa shape index (κ1) is 8.26. The molecule has 1 fully saturated rings.